The van der Waals surface area contributed by atoms with Crippen molar-refractivity contribution in [2.75, 3.05) is 14.2 Å². The molecule has 53 heavy (non-hydrogen) atoms. The minimum atomic E-state index is -1.16. The van der Waals surface area contributed by atoms with Crippen molar-refractivity contribution in [3.05, 3.63) is 203 Å². The Morgan fingerprint density at radius 3 is 1.68 bits per heavy atom. The normalized spacial score (nSPS) is 15.6. The fourth-order valence-corrected chi connectivity index (χ4v) is 8.49. The van der Waals surface area contributed by atoms with Crippen LogP contribution in [0.4, 0.5) is 4.79 Å². The van der Waals surface area contributed by atoms with E-state index in [0.717, 1.165) is 45.1 Å². The smallest absolute Gasteiger partial charge is 0.290 e. The van der Waals surface area contributed by atoms with Gasteiger partial charge in [0.2, 0.25) is 5.91 Å². The molecule has 1 N–H and O–H groups in total. The Bertz CT molecular complexity index is 2070. The zero-order valence-corrected chi connectivity index (χ0v) is 30.8. The largest absolute Gasteiger partial charge is 0.493 e. The van der Waals surface area contributed by atoms with Crippen molar-refractivity contribution in [1.29, 1.82) is 0 Å². The van der Waals surface area contributed by atoms with Crippen molar-refractivity contribution < 1.29 is 19.1 Å². The van der Waals surface area contributed by atoms with E-state index in [4.69, 9.17) is 9.47 Å². The number of hydrogen-bond acceptors (Lipinski definition) is 6. The second kappa shape index (κ2) is 15.9. The molecule has 0 spiro atoms. The molecule has 1 aliphatic rings. The third-order valence-corrected chi connectivity index (χ3v) is 11.0. The van der Waals surface area contributed by atoms with Crippen LogP contribution in [-0.2, 0) is 16.8 Å². The maximum absolute atomic E-state index is 14.8. The van der Waals surface area contributed by atoms with Gasteiger partial charge in [0, 0.05) is 6.04 Å². The summed E-state index contributed by atoms with van der Waals surface area (Å²) in [5.41, 5.74) is 5.55. The molecule has 1 aliphatic heterocycles. The topological polar surface area (TPSA) is 67.9 Å². The lowest BCUT2D eigenvalue weighted by atomic mass is 9.75. The van der Waals surface area contributed by atoms with Crippen LogP contribution in [0.15, 0.2) is 164 Å². The molecule has 1 saturated heterocycles. The van der Waals surface area contributed by atoms with Crippen LogP contribution in [0.2, 0.25) is 0 Å². The third kappa shape index (κ3) is 7.10. The minimum absolute atomic E-state index is 0.0261. The predicted octanol–water partition coefficient (Wildman–Crippen LogP) is 9.74. The molecule has 0 radical (unpaired) electrons. The van der Waals surface area contributed by atoms with Gasteiger partial charge >= 0.3 is 0 Å². The van der Waals surface area contributed by atoms with Crippen molar-refractivity contribution in [2.24, 2.45) is 0 Å². The fourth-order valence-electron chi connectivity index (χ4n) is 7.43. The highest BCUT2D eigenvalue weighted by atomic mass is 32.2. The van der Waals surface area contributed by atoms with Gasteiger partial charge in [0.25, 0.3) is 5.24 Å². The van der Waals surface area contributed by atoms with E-state index in [1.165, 1.54) is 10.5 Å². The van der Waals surface area contributed by atoms with Crippen molar-refractivity contribution >= 4 is 22.9 Å². The van der Waals surface area contributed by atoms with E-state index < -0.39 is 10.8 Å². The number of carbonyl (C=O) groups is 2. The zero-order valence-electron chi connectivity index (χ0n) is 30.0. The minimum Gasteiger partial charge on any atom is -0.493 e. The molecule has 6 aromatic rings. The third-order valence-electron chi connectivity index (χ3n) is 9.99. The molecule has 266 valence electrons. The number of carbonyl (C=O) groups excluding carboxylic acids is 2. The second-order valence-electron chi connectivity index (χ2n) is 13.2. The maximum Gasteiger partial charge on any atom is 0.290 e. The zero-order chi connectivity index (χ0) is 36.8. The van der Waals surface area contributed by atoms with Gasteiger partial charge < -0.3 is 9.47 Å². The summed E-state index contributed by atoms with van der Waals surface area (Å²) in [4.78, 5) is 30.6. The number of amides is 2. The van der Waals surface area contributed by atoms with Gasteiger partial charge in [-0.15, -0.1) is 0 Å². The predicted molar refractivity (Wildman–Crippen MR) is 212 cm³/mol. The summed E-state index contributed by atoms with van der Waals surface area (Å²) in [6.45, 7) is 2.15. The van der Waals surface area contributed by atoms with Gasteiger partial charge in [0.05, 0.1) is 25.5 Å². The van der Waals surface area contributed by atoms with E-state index in [-0.39, 0.29) is 23.2 Å². The van der Waals surface area contributed by atoms with Crippen LogP contribution >= 0.6 is 11.8 Å². The lowest BCUT2D eigenvalue weighted by Crippen LogP contribution is -2.51. The van der Waals surface area contributed by atoms with E-state index in [1.54, 1.807) is 14.2 Å². The highest BCUT2D eigenvalue weighted by molar-refractivity contribution is 8.15. The molecule has 0 bridgehead atoms. The van der Waals surface area contributed by atoms with Crippen LogP contribution < -0.4 is 14.8 Å². The van der Waals surface area contributed by atoms with Gasteiger partial charge in [-0.2, -0.15) is 0 Å². The Labute approximate surface area is 315 Å². The second-order valence-corrected chi connectivity index (χ2v) is 14.3. The van der Waals surface area contributed by atoms with Crippen LogP contribution in [0.25, 0.3) is 0 Å². The number of thioether (sulfide) groups is 1. The molecule has 2 amide bonds. The number of hydrogen-bond donors (Lipinski definition) is 1. The monoisotopic (exact) mass is 718 g/mol. The summed E-state index contributed by atoms with van der Waals surface area (Å²) in [5.74, 6) is 1.09. The molecule has 6 nitrogen and oxygen atoms in total. The Morgan fingerprint density at radius 2 is 1.13 bits per heavy atom. The number of ether oxygens (including phenoxy) is 2. The van der Waals surface area contributed by atoms with Crippen LogP contribution in [0, 0.1) is 0 Å². The lowest BCUT2D eigenvalue weighted by molar-refractivity contribution is -0.129. The molecule has 0 aromatic heterocycles. The summed E-state index contributed by atoms with van der Waals surface area (Å²) in [6, 6.07) is 54.0. The summed E-state index contributed by atoms with van der Waals surface area (Å²) >= 11 is 1.11. The van der Waals surface area contributed by atoms with Gasteiger partial charge in [-0.25, -0.2) is 0 Å². The number of rotatable bonds is 13. The molecule has 7 heteroatoms. The SMILES string of the molecule is COc1ccc(C(N[C@H](C)c2ccccc2)c2cccc(CC3SC(=O)N(C(c4ccccc4)(c4ccccc4)c4ccccc4)C3=O)c2)cc1OC. The Balaban J connectivity index is 1.25. The van der Waals surface area contributed by atoms with Crippen molar-refractivity contribution in [3.63, 3.8) is 0 Å². The highest BCUT2D eigenvalue weighted by Crippen LogP contribution is 2.48. The molecular formula is C46H42N2O4S. The highest BCUT2D eigenvalue weighted by Gasteiger charge is 2.54. The van der Waals surface area contributed by atoms with Crippen molar-refractivity contribution in [3.8, 4) is 11.5 Å². The first-order valence-corrected chi connectivity index (χ1v) is 18.6. The first-order valence-electron chi connectivity index (χ1n) is 17.8. The number of methoxy groups -OCH3 is 2. The van der Waals surface area contributed by atoms with E-state index >= 15 is 0 Å². The van der Waals surface area contributed by atoms with E-state index in [1.807, 2.05) is 140 Å². The average Bonchev–Trinajstić information content (AvgIpc) is 3.50. The summed E-state index contributed by atoms with van der Waals surface area (Å²) in [6.07, 6.45) is 0.390. The number of nitrogens with zero attached hydrogens (tertiary/aromatic N) is 1. The van der Waals surface area contributed by atoms with Crippen molar-refractivity contribution in [2.45, 2.75) is 36.2 Å². The maximum atomic E-state index is 14.8. The first kappa shape index (κ1) is 35.8. The molecule has 3 atom stereocenters. The molecule has 7 rings (SSSR count). The standard InChI is InChI=1S/C46H42N2O4S/c1-32(34-18-8-4-9-19-34)47-43(36-27-28-40(51-2)41(31-36)52-3)35-20-16-17-33(29-35)30-42-44(49)48(45(50)53-42)46(37-21-10-5-11-22-37,38-23-12-6-13-24-38)39-25-14-7-15-26-39/h4-29,31-32,42-43,47H,30H2,1-3H3/t32-,42?,43?/m1/s1. The molecule has 2 unspecified atom stereocenters. The van der Waals surface area contributed by atoms with Gasteiger partial charge in [0.15, 0.2) is 11.5 Å². The summed E-state index contributed by atoms with van der Waals surface area (Å²) < 4.78 is 11.2. The molecule has 1 fully saturated rings. The van der Waals surface area contributed by atoms with E-state index in [9.17, 15) is 9.59 Å². The Kier molecular flexibility index (Phi) is 10.8. The summed E-state index contributed by atoms with van der Waals surface area (Å²) in [5, 5.41) is 2.97. The van der Waals surface area contributed by atoms with Crippen LogP contribution in [0.5, 0.6) is 11.5 Å². The first-order chi connectivity index (χ1) is 25.9. The van der Waals surface area contributed by atoms with Gasteiger partial charge in [0.1, 0.15) is 5.54 Å². The number of benzene rings is 6. The van der Waals surface area contributed by atoms with Crippen LogP contribution in [0.3, 0.4) is 0 Å². The molecule has 1 heterocycles. The Hall–Kier alpha value is -5.63. The molecule has 6 aromatic carbocycles. The van der Waals surface area contributed by atoms with E-state index in [2.05, 4.69) is 36.5 Å². The Morgan fingerprint density at radius 1 is 0.623 bits per heavy atom. The molecule has 0 aliphatic carbocycles. The van der Waals surface area contributed by atoms with E-state index in [0.29, 0.717) is 17.9 Å². The van der Waals surface area contributed by atoms with Gasteiger partial charge in [-0.3, -0.25) is 19.8 Å². The average molecular weight is 719 g/mol. The quantitative estimate of drug-likeness (QED) is 0.120. The fraction of sp³-hybridized carbons (Fsp3) is 0.174. The van der Waals surface area contributed by atoms with Gasteiger partial charge in [-0.1, -0.05) is 163 Å². The van der Waals surface area contributed by atoms with Gasteiger partial charge in [-0.05, 0) is 64.4 Å². The number of imide groups is 1. The number of nitrogens with one attached hydrogen (secondary N) is 1. The molecular weight excluding hydrogens is 677 g/mol. The van der Waals surface area contributed by atoms with Crippen molar-refractivity contribution in [1.82, 2.24) is 10.2 Å². The molecule has 0 saturated carbocycles. The van der Waals surface area contributed by atoms with Crippen LogP contribution in [0.1, 0.15) is 58.0 Å². The van der Waals surface area contributed by atoms with Crippen LogP contribution in [-0.4, -0.2) is 35.5 Å². The summed E-state index contributed by atoms with van der Waals surface area (Å²) in [7, 11) is 3.27. The lowest BCUT2D eigenvalue weighted by Gasteiger charge is -2.42.